The van der Waals surface area contributed by atoms with E-state index in [9.17, 15) is 0 Å². The van der Waals surface area contributed by atoms with Gasteiger partial charge in [-0.05, 0) is 12.1 Å². The van der Waals surface area contributed by atoms with Crippen LogP contribution in [0.15, 0.2) is 24.3 Å². The fraction of sp³-hybridized carbons (Fsp3) is 0.385. The van der Waals surface area contributed by atoms with Crippen molar-refractivity contribution in [1.29, 1.82) is 0 Å². The minimum absolute atomic E-state index is 0.640. The van der Waals surface area contributed by atoms with Gasteiger partial charge in [0.25, 0.3) is 0 Å². The summed E-state index contributed by atoms with van der Waals surface area (Å²) >= 11 is 0. The van der Waals surface area contributed by atoms with Crippen LogP contribution >= 0.6 is 0 Å². The molecule has 15 heavy (non-hydrogen) atoms. The Balaban J connectivity index is 2.90. The van der Waals surface area contributed by atoms with Crippen LogP contribution in [0.4, 0.5) is 0 Å². The lowest BCUT2D eigenvalue weighted by Gasteiger charge is -2.16. The van der Waals surface area contributed by atoms with Gasteiger partial charge in [-0.1, -0.05) is 48.8 Å². The van der Waals surface area contributed by atoms with Gasteiger partial charge in [0.15, 0.2) is 0 Å². The molecular formula is C13H19NSi. The first-order valence-corrected chi connectivity index (χ1v) is 8.83. The molecule has 80 valence electrons. The number of rotatable bonds is 2. The zero-order valence-electron chi connectivity index (χ0n) is 9.80. The molecular weight excluding hydrogens is 198 g/mol. The van der Waals surface area contributed by atoms with Crippen LogP contribution in [0.1, 0.15) is 12.0 Å². The molecule has 0 amide bonds. The van der Waals surface area contributed by atoms with Crippen molar-refractivity contribution in [2.24, 2.45) is 5.73 Å². The predicted octanol–water partition coefficient (Wildman–Crippen LogP) is 1.93. The first kappa shape index (κ1) is 12.0. The minimum atomic E-state index is -1.20. The van der Waals surface area contributed by atoms with Crippen LogP contribution in [-0.4, -0.2) is 14.6 Å². The molecule has 0 radical (unpaired) electrons. The zero-order valence-corrected chi connectivity index (χ0v) is 10.8. The van der Waals surface area contributed by atoms with E-state index >= 15 is 0 Å². The van der Waals surface area contributed by atoms with E-state index < -0.39 is 8.07 Å². The summed E-state index contributed by atoms with van der Waals surface area (Å²) in [5, 5.41) is 1.46. The van der Waals surface area contributed by atoms with E-state index in [1.165, 1.54) is 5.19 Å². The molecule has 0 saturated heterocycles. The van der Waals surface area contributed by atoms with Gasteiger partial charge in [-0.15, -0.1) is 0 Å². The predicted molar refractivity (Wildman–Crippen MR) is 70.0 cm³/mol. The Morgan fingerprint density at radius 2 is 2.00 bits per heavy atom. The highest BCUT2D eigenvalue weighted by Crippen LogP contribution is 2.04. The maximum atomic E-state index is 5.40. The Hall–Kier alpha value is -1.04. The van der Waals surface area contributed by atoms with E-state index in [1.54, 1.807) is 0 Å². The number of hydrogen-bond donors (Lipinski definition) is 1. The lowest BCUT2D eigenvalue weighted by atomic mass is 10.2. The third-order valence-electron chi connectivity index (χ3n) is 2.23. The van der Waals surface area contributed by atoms with Gasteiger partial charge in [-0.3, -0.25) is 0 Å². The third kappa shape index (κ3) is 3.91. The van der Waals surface area contributed by atoms with Gasteiger partial charge in [0.1, 0.15) is 0 Å². The van der Waals surface area contributed by atoms with Gasteiger partial charge in [0.2, 0.25) is 0 Å². The molecule has 1 nitrogen and oxygen atoms in total. The van der Waals surface area contributed by atoms with Gasteiger partial charge in [0.05, 0.1) is 8.07 Å². The lowest BCUT2D eigenvalue weighted by molar-refractivity contribution is 1.03. The quantitative estimate of drug-likeness (QED) is 0.594. The number of nitrogens with two attached hydrogens (primary N) is 1. The van der Waals surface area contributed by atoms with Crippen molar-refractivity contribution in [1.82, 2.24) is 0 Å². The average Bonchev–Trinajstić information content (AvgIpc) is 2.17. The van der Waals surface area contributed by atoms with Gasteiger partial charge >= 0.3 is 0 Å². The van der Waals surface area contributed by atoms with Crippen LogP contribution < -0.4 is 10.9 Å². The molecule has 0 bridgehead atoms. The van der Waals surface area contributed by atoms with Crippen LogP contribution in [-0.2, 0) is 0 Å². The van der Waals surface area contributed by atoms with E-state index in [1.807, 2.05) is 0 Å². The summed E-state index contributed by atoms with van der Waals surface area (Å²) in [5.41, 5.74) is 6.51. The van der Waals surface area contributed by atoms with Gasteiger partial charge in [-0.2, -0.15) is 0 Å². The molecule has 2 heteroatoms. The highest BCUT2D eigenvalue weighted by atomic mass is 28.3. The van der Waals surface area contributed by atoms with E-state index in [-0.39, 0.29) is 0 Å². The molecule has 0 unspecified atom stereocenters. The SMILES string of the molecule is C[Si](C)(C)c1cccc(C#CCCN)c1. The first-order chi connectivity index (χ1) is 7.04. The molecule has 0 atom stereocenters. The van der Waals surface area contributed by atoms with Crippen LogP contribution in [0.3, 0.4) is 0 Å². The van der Waals surface area contributed by atoms with Gasteiger partial charge in [-0.25, -0.2) is 0 Å². The van der Waals surface area contributed by atoms with E-state index in [0.717, 1.165) is 12.0 Å². The van der Waals surface area contributed by atoms with E-state index in [2.05, 4.69) is 55.7 Å². The van der Waals surface area contributed by atoms with E-state index in [4.69, 9.17) is 5.73 Å². The molecule has 1 aromatic carbocycles. The van der Waals surface area contributed by atoms with Crippen molar-refractivity contribution in [2.75, 3.05) is 6.54 Å². The standard InChI is InChI=1S/C13H19NSi/c1-15(2,3)13-9-6-8-12(11-13)7-4-5-10-14/h6,8-9,11H,5,10,14H2,1-3H3. The highest BCUT2D eigenvalue weighted by molar-refractivity contribution is 6.88. The van der Waals surface area contributed by atoms with Gasteiger partial charge < -0.3 is 5.73 Å². The van der Waals surface area contributed by atoms with Crippen LogP contribution in [0.25, 0.3) is 0 Å². The summed E-state index contributed by atoms with van der Waals surface area (Å²) in [7, 11) is -1.20. The highest BCUT2D eigenvalue weighted by Gasteiger charge is 2.15. The smallest absolute Gasteiger partial charge is 0.0776 e. The fourth-order valence-corrected chi connectivity index (χ4v) is 2.48. The minimum Gasteiger partial charge on any atom is -0.330 e. The Morgan fingerprint density at radius 1 is 1.27 bits per heavy atom. The molecule has 0 heterocycles. The zero-order chi connectivity index (χ0) is 11.3. The summed E-state index contributed by atoms with van der Waals surface area (Å²) in [6.45, 7) is 7.68. The van der Waals surface area contributed by atoms with Crippen LogP contribution in [0.2, 0.25) is 19.6 Å². The molecule has 0 saturated carbocycles. The summed E-state index contributed by atoms with van der Waals surface area (Å²) < 4.78 is 0. The molecule has 1 rings (SSSR count). The monoisotopic (exact) mass is 217 g/mol. The van der Waals surface area contributed by atoms with Gasteiger partial charge in [0, 0.05) is 18.5 Å². The Labute approximate surface area is 93.7 Å². The summed E-state index contributed by atoms with van der Waals surface area (Å²) in [6.07, 6.45) is 0.775. The largest absolute Gasteiger partial charge is 0.330 e. The van der Waals surface area contributed by atoms with Crippen LogP contribution in [0, 0.1) is 11.8 Å². The van der Waals surface area contributed by atoms with Crippen molar-refractivity contribution in [3.63, 3.8) is 0 Å². The second kappa shape index (κ2) is 5.15. The van der Waals surface area contributed by atoms with E-state index in [0.29, 0.717) is 6.54 Å². The van der Waals surface area contributed by atoms with Crippen molar-refractivity contribution < 1.29 is 0 Å². The molecule has 2 N–H and O–H groups in total. The topological polar surface area (TPSA) is 26.0 Å². The maximum absolute atomic E-state index is 5.40. The summed E-state index contributed by atoms with van der Waals surface area (Å²) in [6, 6.07) is 8.59. The normalized spacial score (nSPS) is 10.7. The maximum Gasteiger partial charge on any atom is 0.0776 e. The second-order valence-corrected chi connectivity index (χ2v) is 9.75. The first-order valence-electron chi connectivity index (χ1n) is 5.33. The lowest BCUT2D eigenvalue weighted by Crippen LogP contribution is -2.37. The van der Waals surface area contributed by atoms with Crippen LogP contribution in [0.5, 0.6) is 0 Å². The average molecular weight is 217 g/mol. The second-order valence-electron chi connectivity index (χ2n) is 4.67. The van der Waals surface area contributed by atoms with Crippen molar-refractivity contribution in [3.05, 3.63) is 29.8 Å². The molecule has 0 aromatic heterocycles. The fourth-order valence-electron chi connectivity index (χ4n) is 1.30. The molecule has 1 aromatic rings. The third-order valence-corrected chi connectivity index (χ3v) is 4.27. The molecule has 0 fully saturated rings. The molecule has 0 spiro atoms. The Bertz CT molecular complexity index is 380. The van der Waals surface area contributed by atoms with Crippen molar-refractivity contribution >= 4 is 13.3 Å². The number of hydrogen-bond acceptors (Lipinski definition) is 1. The molecule has 0 aliphatic carbocycles. The Morgan fingerprint density at radius 3 is 2.60 bits per heavy atom. The molecule has 0 aliphatic heterocycles. The number of benzene rings is 1. The molecule has 0 aliphatic rings. The summed E-state index contributed by atoms with van der Waals surface area (Å²) in [4.78, 5) is 0. The Kier molecular flexibility index (Phi) is 4.13. The van der Waals surface area contributed by atoms with Crippen molar-refractivity contribution in [3.8, 4) is 11.8 Å². The summed E-state index contributed by atoms with van der Waals surface area (Å²) in [5.74, 6) is 6.22. The van der Waals surface area contributed by atoms with Crippen molar-refractivity contribution in [2.45, 2.75) is 26.1 Å².